The van der Waals surface area contributed by atoms with Crippen LogP contribution in [0.25, 0.3) is 0 Å². The van der Waals surface area contributed by atoms with Crippen molar-refractivity contribution in [3.8, 4) is 0 Å². The molecule has 0 saturated carbocycles. The molecule has 102 valence electrons. The minimum absolute atomic E-state index is 0.115. The van der Waals surface area contributed by atoms with Crippen molar-refractivity contribution in [2.75, 3.05) is 17.3 Å². The van der Waals surface area contributed by atoms with Gasteiger partial charge in [0.25, 0.3) is 11.7 Å². The Bertz CT molecular complexity index is 538. The van der Waals surface area contributed by atoms with Crippen molar-refractivity contribution in [3.05, 3.63) is 23.5 Å². The van der Waals surface area contributed by atoms with Gasteiger partial charge < -0.3 is 10.2 Å². The van der Waals surface area contributed by atoms with E-state index in [2.05, 4.69) is 5.32 Å². The van der Waals surface area contributed by atoms with E-state index in [4.69, 9.17) is 0 Å². The fraction of sp³-hybridized carbons (Fsp3) is 0.429. The molecular weight excluding hydrogens is 247 g/mol. The molecular formula is C14H17FN2O2. The quantitative estimate of drug-likeness (QED) is 0.850. The number of nitrogens with one attached hydrogen (secondary N) is 1. The molecule has 1 aliphatic rings. The van der Waals surface area contributed by atoms with Gasteiger partial charge in [-0.1, -0.05) is 13.8 Å². The number of carbonyl (C=O) groups excluding carboxylic acids is 2. The SMILES string of the molecule is CCC(CC)N(C)c1cc2c(cc1F)C(=O)C(=O)N2. The van der Waals surface area contributed by atoms with E-state index in [1.165, 1.54) is 6.07 Å². The van der Waals surface area contributed by atoms with E-state index in [9.17, 15) is 14.0 Å². The molecule has 1 aliphatic heterocycles. The summed E-state index contributed by atoms with van der Waals surface area (Å²) in [4.78, 5) is 24.6. The first-order valence-electron chi connectivity index (χ1n) is 6.41. The molecule has 0 aromatic heterocycles. The van der Waals surface area contributed by atoms with Gasteiger partial charge in [0.15, 0.2) is 0 Å². The normalized spacial score (nSPS) is 13.7. The Morgan fingerprint density at radius 2 is 1.89 bits per heavy atom. The predicted molar refractivity (Wildman–Crippen MR) is 72.1 cm³/mol. The summed E-state index contributed by atoms with van der Waals surface area (Å²) in [6.45, 7) is 4.09. The highest BCUT2D eigenvalue weighted by molar-refractivity contribution is 6.51. The Morgan fingerprint density at radius 1 is 1.26 bits per heavy atom. The topological polar surface area (TPSA) is 49.4 Å². The molecule has 0 spiro atoms. The van der Waals surface area contributed by atoms with Crippen LogP contribution in [0, 0.1) is 5.82 Å². The molecule has 2 rings (SSSR count). The van der Waals surface area contributed by atoms with Crippen LogP contribution in [0.4, 0.5) is 15.8 Å². The average Bonchev–Trinajstić information content (AvgIpc) is 2.66. The molecule has 1 amide bonds. The number of carbonyl (C=O) groups is 2. The van der Waals surface area contributed by atoms with E-state index >= 15 is 0 Å². The molecule has 4 nitrogen and oxygen atoms in total. The third-order valence-electron chi connectivity index (χ3n) is 3.66. The largest absolute Gasteiger partial charge is 0.369 e. The van der Waals surface area contributed by atoms with Crippen molar-refractivity contribution in [2.24, 2.45) is 0 Å². The minimum Gasteiger partial charge on any atom is -0.369 e. The lowest BCUT2D eigenvalue weighted by atomic mass is 10.1. The first-order chi connectivity index (χ1) is 8.99. The van der Waals surface area contributed by atoms with Crippen LogP contribution in [0.1, 0.15) is 37.0 Å². The molecule has 19 heavy (non-hydrogen) atoms. The number of halogens is 1. The number of fused-ring (bicyclic) bond motifs is 1. The first kappa shape index (κ1) is 13.5. The summed E-state index contributed by atoms with van der Waals surface area (Å²) in [5.74, 6) is -1.85. The van der Waals surface area contributed by atoms with Crippen molar-refractivity contribution < 1.29 is 14.0 Å². The predicted octanol–water partition coefficient (Wildman–Crippen LogP) is 2.59. The van der Waals surface area contributed by atoms with Gasteiger partial charge in [-0.2, -0.15) is 0 Å². The number of ketones is 1. The van der Waals surface area contributed by atoms with Crippen molar-refractivity contribution in [1.29, 1.82) is 0 Å². The molecule has 1 aromatic carbocycles. The third-order valence-corrected chi connectivity index (χ3v) is 3.66. The van der Waals surface area contributed by atoms with Crippen molar-refractivity contribution in [1.82, 2.24) is 0 Å². The number of nitrogens with zero attached hydrogens (tertiary/aromatic N) is 1. The van der Waals surface area contributed by atoms with Crippen molar-refractivity contribution in [3.63, 3.8) is 0 Å². The maximum Gasteiger partial charge on any atom is 0.296 e. The lowest BCUT2D eigenvalue weighted by molar-refractivity contribution is -0.112. The summed E-state index contributed by atoms with van der Waals surface area (Å²) in [6.07, 6.45) is 1.80. The summed E-state index contributed by atoms with van der Waals surface area (Å²) in [5, 5.41) is 2.46. The van der Waals surface area contributed by atoms with Crippen LogP contribution in [-0.2, 0) is 4.79 Å². The van der Waals surface area contributed by atoms with Gasteiger partial charge >= 0.3 is 0 Å². The Morgan fingerprint density at radius 3 is 2.47 bits per heavy atom. The number of Topliss-reactive ketones (excluding diaryl/α,β-unsaturated/α-hetero) is 1. The van der Waals surface area contributed by atoms with E-state index in [1.807, 2.05) is 25.8 Å². The van der Waals surface area contributed by atoms with E-state index in [-0.39, 0.29) is 11.6 Å². The molecule has 1 heterocycles. The highest BCUT2D eigenvalue weighted by Crippen LogP contribution is 2.32. The molecule has 5 heteroatoms. The standard InChI is InChI=1S/C14H17FN2O2/c1-4-8(5-2)17(3)12-7-11-9(6-10(12)15)13(18)14(19)16-11/h6-8H,4-5H2,1-3H3,(H,16,18,19). The molecule has 0 unspecified atom stereocenters. The first-order valence-corrected chi connectivity index (χ1v) is 6.41. The molecule has 0 aliphatic carbocycles. The Kier molecular flexibility index (Phi) is 3.55. The summed E-state index contributed by atoms with van der Waals surface area (Å²) in [7, 11) is 1.82. The summed E-state index contributed by atoms with van der Waals surface area (Å²) in [5.41, 5.74) is 0.913. The number of amides is 1. The van der Waals surface area contributed by atoms with E-state index in [0.29, 0.717) is 11.4 Å². The van der Waals surface area contributed by atoms with Gasteiger partial charge in [0, 0.05) is 13.1 Å². The second-order valence-corrected chi connectivity index (χ2v) is 4.71. The molecule has 0 bridgehead atoms. The number of benzene rings is 1. The fourth-order valence-corrected chi connectivity index (χ4v) is 2.46. The summed E-state index contributed by atoms with van der Waals surface area (Å²) < 4.78 is 14.1. The van der Waals surface area contributed by atoms with Crippen LogP contribution in [0.5, 0.6) is 0 Å². The van der Waals surface area contributed by atoms with Crippen LogP contribution in [0.15, 0.2) is 12.1 Å². The number of hydrogen-bond donors (Lipinski definition) is 1. The molecule has 0 saturated heterocycles. The zero-order chi connectivity index (χ0) is 14.2. The minimum atomic E-state index is -0.697. The van der Waals surface area contributed by atoms with E-state index in [0.717, 1.165) is 18.9 Å². The maximum atomic E-state index is 14.1. The van der Waals surface area contributed by atoms with Gasteiger partial charge in [0.05, 0.1) is 16.9 Å². The lowest BCUT2D eigenvalue weighted by Gasteiger charge is -2.29. The number of hydrogen-bond acceptors (Lipinski definition) is 3. The third kappa shape index (κ3) is 2.20. The number of rotatable bonds is 4. The van der Waals surface area contributed by atoms with Gasteiger partial charge in [0.1, 0.15) is 5.82 Å². The molecule has 0 radical (unpaired) electrons. The Balaban J connectivity index is 2.42. The van der Waals surface area contributed by atoms with Gasteiger partial charge in [-0.05, 0) is 25.0 Å². The highest BCUT2D eigenvalue weighted by Gasteiger charge is 2.30. The molecule has 0 atom stereocenters. The maximum absolute atomic E-state index is 14.1. The van der Waals surface area contributed by atoms with Gasteiger partial charge in [0.2, 0.25) is 0 Å². The van der Waals surface area contributed by atoms with Crippen LogP contribution >= 0.6 is 0 Å². The molecule has 1 N–H and O–H groups in total. The zero-order valence-electron chi connectivity index (χ0n) is 11.3. The molecule has 1 aromatic rings. The van der Waals surface area contributed by atoms with Gasteiger partial charge in [-0.25, -0.2) is 4.39 Å². The van der Waals surface area contributed by atoms with E-state index < -0.39 is 17.5 Å². The average molecular weight is 264 g/mol. The van der Waals surface area contributed by atoms with Crippen LogP contribution in [-0.4, -0.2) is 24.8 Å². The fourth-order valence-electron chi connectivity index (χ4n) is 2.46. The van der Waals surface area contributed by atoms with Crippen LogP contribution in [0.2, 0.25) is 0 Å². The number of anilines is 2. The van der Waals surface area contributed by atoms with Crippen molar-refractivity contribution in [2.45, 2.75) is 32.7 Å². The summed E-state index contributed by atoms with van der Waals surface area (Å²) >= 11 is 0. The molecule has 0 fully saturated rings. The van der Waals surface area contributed by atoms with Crippen LogP contribution in [0.3, 0.4) is 0 Å². The second kappa shape index (κ2) is 4.99. The van der Waals surface area contributed by atoms with Gasteiger partial charge in [-0.3, -0.25) is 9.59 Å². The smallest absolute Gasteiger partial charge is 0.296 e. The lowest BCUT2D eigenvalue weighted by Crippen LogP contribution is -2.31. The summed E-state index contributed by atoms with van der Waals surface area (Å²) in [6, 6.07) is 2.90. The van der Waals surface area contributed by atoms with Crippen molar-refractivity contribution >= 4 is 23.1 Å². The second-order valence-electron chi connectivity index (χ2n) is 4.71. The monoisotopic (exact) mass is 264 g/mol. The zero-order valence-corrected chi connectivity index (χ0v) is 11.3. The Hall–Kier alpha value is -1.91. The highest BCUT2D eigenvalue weighted by atomic mass is 19.1. The Labute approximate surface area is 111 Å². The van der Waals surface area contributed by atoms with Crippen LogP contribution < -0.4 is 10.2 Å². The van der Waals surface area contributed by atoms with Gasteiger partial charge in [-0.15, -0.1) is 0 Å². The van der Waals surface area contributed by atoms with E-state index in [1.54, 1.807) is 0 Å².